The number of hydrogen-bond donors (Lipinski definition) is 2. The van der Waals surface area contributed by atoms with Gasteiger partial charge in [-0.25, -0.2) is 14.7 Å². The fraction of sp³-hybridized carbons (Fsp3) is 0.423. The number of hydrogen-bond acceptors (Lipinski definition) is 5. The summed E-state index contributed by atoms with van der Waals surface area (Å²) in [6, 6.07) is 16.3. The summed E-state index contributed by atoms with van der Waals surface area (Å²) in [5.41, 5.74) is 4.61. The van der Waals surface area contributed by atoms with Gasteiger partial charge in [-0.2, -0.15) is 0 Å². The van der Waals surface area contributed by atoms with Crippen LogP contribution in [-0.4, -0.2) is 54.9 Å². The van der Waals surface area contributed by atoms with Crippen LogP contribution in [0.25, 0.3) is 11.1 Å². The molecule has 3 rings (SSSR count). The fourth-order valence-electron chi connectivity index (χ4n) is 4.38. The number of carboxylic acid groups (broad SMARTS) is 1. The van der Waals surface area contributed by atoms with Crippen molar-refractivity contribution in [3.8, 4) is 11.1 Å². The molecule has 8 heteroatoms. The summed E-state index contributed by atoms with van der Waals surface area (Å²) in [6.07, 6.45) is 0.304. The molecule has 8 nitrogen and oxygen atoms in total. The van der Waals surface area contributed by atoms with Crippen LogP contribution in [0.2, 0.25) is 0 Å². The number of benzene rings is 2. The maximum absolute atomic E-state index is 12.5. The second-order valence-electron chi connectivity index (χ2n) is 8.96. The van der Waals surface area contributed by atoms with Crippen molar-refractivity contribution in [2.24, 2.45) is 11.8 Å². The van der Waals surface area contributed by atoms with Crippen molar-refractivity contribution in [1.29, 1.82) is 0 Å². The third-order valence-corrected chi connectivity index (χ3v) is 5.88. The van der Waals surface area contributed by atoms with Gasteiger partial charge in [0.15, 0.2) is 6.61 Å². The SMILES string of the molecule is CC(C)CC(CNC(=O)OCC1c2ccccc2-c2ccccc21)CC(=O)N(C)OCC(=O)O. The van der Waals surface area contributed by atoms with Crippen molar-refractivity contribution in [3.05, 3.63) is 59.7 Å². The van der Waals surface area contributed by atoms with E-state index >= 15 is 0 Å². The molecule has 0 fully saturated rings. The zero-order chi connectivity index (χ0) is 24.7. The quantitative estimate of drug-likeness (QED) is 0.482. The van der Waals surface area contributed by atoms with Gasteiger partial charge in [-0.05, 0) is 40.5 Å². The summed E-state index contributed by atoms with van der Waals surface area (Å²) in [4.78, 5) is 40.4. The standard InChI is InChI=1S/C26H32N2O6/c1-17(2)12-18(13-24(29)28(3)34-16-25(30)31)14-27-26(32)33-15-23-21-10-6-4-8-19(21)20-9-5-7-11-22(20)23/h4-11,17-18,23H,12-16H2,1-3H3,(H,27,32)(H,30,31). The summed E-state index contributed by atoms with van der Waals surface area (Å²) < 4.78 is 5.58. The minimum absolute atomic E-state index is 0.0220. The van der Waals surface area contributed by atoms with Gasteiger partial charge in [0.2, 0.25) is 5.91 Å². The molecular formula is C26H32N2O6. The average Bonchev–Trinajstić information content (AvgIpc) is 3.13. The first-order valence-corrected chi connectivity index (χ1v) is 11.5. The van der Waals surface area contributed by atoms with Crippen LogP contribution in [0.15, 0.2) is 48.5 Å². The van der Waals surface area contributed by atoms with Crippen LogP contribution in [0.3, 0.4) is 0 Å². The predicted octanol–water partition coefficient (Wildman–Crippen LogP) is 4.05. The third-order valence-electron chi connectivity index (χ3n) is 5.88. The smallest absolute Gasteiger partial charge is 0.407 e. The molecule has 182 valence electrons. The molecule has 34 heavy (non-hydrogen) atoms. The highest BCUT2D eigenvalue weighted by atomic mass is 16.7. The van der Waals surface area contributed by atoms with Crippen molar-refractivity contribution in [2.75, 3.05) is 26.8 Å². The van der Waals surface area contributed by atoms with Crippen molar-refractivity contribution in [1.82, 2.24) is 10.4 Å². The Morgan fingerprint density at radius 1 is 1.03 bits per heavy atom. The van der Waals surface area contributed by atoms with Gasteiger partial charge >= 0.3 is 12.1 Å². The molecule has 1 aliphatic carbocycles. The normalized spacial score (nSPS) is 13.2. The van der Waals surface area contributed by atoms with Crippen LogP contribution in [0.4, 0.5) is 4.79 Å². The Morgan fingerprint density at radius 2 is 1.62 bits per heavy atom. The molecular weight excluding hydrogens is 436 g/mol. The van der Waals surface area contributed by atoms with E-state index in [1.165, 1.54) is 7.05 Å². The lowest BCUT2D eigenvalue weighted by atomic mass is 9.94. The zero-order valence-corrected chi connectivity index (χ0v) is 19.8. The van der Waals surface area contributed by atoms with Crippen molar-refractivity contribution < 1.29 is 29.1 Å². The largest absolute Gasteiger partial charge is 0.479 e. The van der Waals surface area contributed by atoms with Gasteiger partial charge < -0.3 is 15.2 Å². The monoisotopic (exact) mass is 468 g/mol. The molecule has 0 spiro atoms. The predicted molar refractivity (Wildman–Crippen MR) is 127 cm³/mol. The number of nitrogens with one attached hydrogen (secondary N) is 1. The Labute approximate surface area is 199 Å². The van der Waals surface area contributed by atoms with E-state index in [9.17, 15) is 14.4 Å². The van der Waals surface area contributed by atoms with E-state index in [4.69, 9.17) is 14.7 Å². The second kappa shape index (κ2) is 11.7. The van der Waals surface area contributed by atoms with E-state index in [2.05, 4.69) is 29.6 Å². The van der Waals surface area contributed by atoms with Crippen LogP contribution in [0.1, 0.15) is 43.7 Å². The van der Waals surface area contributed by atoms with Crippen molar-refractivity contribution in [2.45, 2.75) is 32.6 Å². The number of carbonyl (C=O) groups excluding carboxylic acids is 2. The van der Waals surface area contributed by atoms with Gasteiger partial charge in [0.25, 0.3) is 0 Å². The van der Waals surface area contributed by atoms with Gasteiger partial charge in [-0.1, -0.05) is 62.4 Å². The minimum Gasteiger partial charge on any atom is -0.479 e. The van der Waals surface area contributed by atoms with Gasteiger partial charge in [-0.3, -0.25) is 9.63 Å². The molecule has 0 aliphatic heterocycles. The number of fused-ring (bicyclic) bond motifs is 3. The van der Waals surface area contributed by atoms with Gasteiger partial charge in [0, 0.05) is 25.9 Å². The first kappa shape index (κ1) is 25.2. The average molecular weight is 469 g/mol. The number of rotatable bonds is 11. The summed E-state index contributed by atoms with van der Waals surface area (Å²) in [6.45, 7) is 3.98. The Bertz CT molecular complexity index is 976. The number of carbonyl (C=O) groups is 3. The summed E-state index contributed by atoms with van der Waals surface area (Å²) >= 11 is 0. The topological polar surface area (TPSA) is 105 Å². The van der Waals surface area contributed by atoms with Crippen LogP contribution in [0, 0.1) is 11.8 Å². The summed E-state index contributed by atoms with van der Waals surface area (Å²) in [5.74, 6) is -1.35. The molecule has 1 aliphatic rings. The number of carboxylic acids is 1. The molecule has 0 heterocycles. The highest BCUT2D eigenvalue weighted by molar-refractivity contribution is 5.79. The number of hydroxylamine groups is 2. The van der Waals surface area contributed by atoms with Gasteiger partial charge in [0.05, 0.1) is 0 Å². The summed E-state index contributed by atoms with van der Waals surface area (Å²) in [7, 11) is 1.39. The van der Waals surface area contributed by atoms with Crippen molar-refractivity contribution >= 4 is 18.0 Å². The van der Waals surface area contributed by atoms with Crippen LogP contribution in [0.5, 0.6) is 0 Å². The minimum atomic E-state index is -1.16. The molecule has 2 aromatic rings. The molecule has 2 aromatic carbocycles. The molecule has 0 saturated heterocycles. The fourth-order valence-corrected chi connectivity index (χ4v) is 4.38. The molecule has 0 saturated carbocycles. The lowest BCUT2D eigenvalue weighted by Gasteiger charge is -2.22. The van der Waals surface area contributed by atoms with Gasteiger partial charge in [0.1, 0.15) is 6.61 Å². The van der Waals surface area contributed by atoms with E-state index < -0.39 is 18.7 Å². The van der Waals surface area contributed by atoms with E-state index in [0.717, 1.165) is 27.3 Å². The number of nitrogens with zero attached hydrogens (tertiary/aromatic N) is 1. The van der Waals surface area contributed by atoms with Gasteiger partial charge in [-0.15, -0.1) is 0 Å². The molecule has 0 aromatic heterocycles. The highest BCUT2D eigenvalue weighted by Crippen LogP contribution is 2.44. The summed E-state index contributed by atoms with van der Waals surface area (Å²) in [5, 5.41) is 12.4. The molecule has 2 N–H and O–H groups in total. The molecule has 0 radical (unpaired) electrons. The third kappa shape index (κ3) is 6.57. The maximum atomic E-state index is 12.5. The second-order valence-corrected chi connectivity index (χ2v) is 8.96. The highest BCUT2D eigenvalue weighted by Gasteiger charge is 2.29. The molecule has 1 unspecified atom stereocenters. The number of alkyl carbamates (subject to hydrolysis) is 1. The van der Waals surface area contributed by atoms with Crippen molar-refractivity contribution in [3.63, 3.8) is 0 Å². The number of aliphatic carboxylic acids is 1. The zero-order valence-electron chi connectivity index (χ0n) is 19.8. The molecule has 1 atom stereocenters. The lowest BCUT2D eigenvalue weighted by molar-refractivity contribution is -0.186. The van der Waals surface area contributed by atoms with Crippen LogP contribution < -0.4 is 5.32 Å². The molecule has 2 amide bonds. The Hall–Kier alpha value is -3.39. The molecule has 0 bridgehead atoms. The number of amides is 2. The van der Waals surface area contributed by atoms with Crippen LogP contribution in [-0.2, 0) is 19.2 Å². The maximum Gasteiger partial charge on any atom is 0.407 e. The van der Waals surface area contributed by atoms with E-state index in [1.54, 1.807) is 0 Å². The van der Waals surface area contributed by atoms with E-state index in [-0.39, 0.29) is 37.3 Å². The van der Waals surface area contributed by atoms with E-state index in [1.807, 2.05) is 38.1 Å². The Balaban J connectivity index is 1.54. The number of ether oxygens (including phenoxy) is 1. The first-order chi connectivity index (χ1) is 16.3. The Kier molecular flexibility index (Phi) is 8.65. The first-order valence-electron chi connectivity index (χ1n) is 11.5. The van der Waals surface area contributed by atoms with E-state index in [0.29, 0.717) is 12.3 Å². The lowest BCUT2D eigenvalue weighted by Crippen LogP contribution is -2.35. The van der Waals surface area contributed by atoms with Crippen LogP contribution >= 0.6 is 0 Å². The Morgan fingerprint density at radius 3 is 2.18 bits per heavy atom.